The minimum Gasteiger partial charge on any atom is -0.508 e. The van der Waals surface area contributed by atoms with Gasteiger partial charge in [-0.2, -0.15) is 0 Å². The van der Waals surface area contributed by atoms with Gasteiger partial charge in [0.1, 0.15) is 5.75 Å². The first-order chi connectivity index (χ1) is 8.63. The Morgan fingerprint density at radius 3 is 2.67 bits per heavy atom. The Balaban J connectivity index is 2.29. The summed E-state index contributed by atoms with van der Waals surface area (Å²) in [5, 5.41) is 15.0. The molecule has 0 aliphatic carbocycles. The van der Waals surface area contributed by atoms with Crippen molar-refractivity contribution in [3.8, 4) is 5.75 Å². The summed E-state index contributed by atoms with van der Waals surface area (Å²) < 4.78 is 4.85. The molecule has 0 spiro atoms. The molecule has 1 aromatic carbocycles. The van der Waals surface area contributed by atoms with Gasteiger partial charge in [-0.05, 0) is 24.6 Å². The minimum atomic E-state index is -0.268. The maximum Gasteiger partial charge on any atom is 0.236 e. The van der Waals surface area contributed by atoms with E-state index < -0.39 is 0 Å². The number of benzene rings is 1. The zero-order valence-electron chi connectivity index (χ0n) is 10.8. The smallest absolute Gasteiger partial charge is 0.236 e. The van der Waals surface area contributed by atoms with Gasteiger partial charge in [-0.25, -0.2) is 0 Å². The fourth-order valence-electron chi connectivity index (χ4n) is 1.41. The Bertz CT molecular complexity index is 365. The highest BCUT2D eigenvalue weighted by Crippen LogP contribution is 2.09. The van der Waals surface area contributed by atoms with E-state index in [0.29, 0.717) is 19.7 Å². The summed E-state index contributed by atoms with van der Waals surface area (Å²) in [6.07, 6.45) is 0. The fraction of sp³-hybridized carbons (Fsp3) is 0.462. The quantitative estimate of drug-likeness (QED) is 0.623. The molecule has 1 atom stereocenters. The van der Waals surface area contributed by atoms with Crippen LogP contribution in [0.25, 0.3) is 0 Å². The van der Waals surface area contributed by atoms with Crippen molar-refractivity contribution < 1.29 is 14.6 Å². The van der Waals surface area contributed by atoms with Gasteiger partial charge >= 0.3 is 0 Å². The molecule has 1 unspecified atom stereocenters. The Hall–Kier alpha value is -1.59. The highest BCUT2D eigenvalue weighted by molar-refractivity contribution is 5.81. The molecule has 1 amide bonds. The number of hydrogen-bond acceptors (Lipinski definition) is 4. The first-order valence-electron chi connectivity index (χ1n) is 5.91. The number of carbonyl (C=O) groups excluding carboxylic acids is 1. The lowest BCUT2D eigenvalue weighted by molar-refractivity contribution is -0.122. The average molecular weight is 252 g/mol. The van der Waals surface area contributed by atoms with Crippen molar-refractivity contribution in [3.05, 3.63) is 29.8 Å². The number of rotatable bonds is 7. The van der Waals surface area contributed by atoms with Gasteiger partial charge in [0.05, 0.1) is 12.6 Å². The van der Waals surface area contributed by atoms with Crippen molar-refractivity contribution in [1.29, 1.82) is 0 Å². The molecule has 0 saturated heterocycles. The molecule has 5 heteroatoms. The van der Waals surface area contributed by atoms with Crippen LogP contribution >= 0.6 is 0 Å². The van der Waals surface area contributed by atoms with Crippen LogP contribution in [0.5, 0.6) is 5.75 Å². The van der Waals surface area contributed by atoms with Crippen molar-refractivity contribution in [2.45, 2.75) is 19.5 Å². The number of carbonyl (C=O) groups is 1. The van der Waals surface area contributed by atoms with Crippen LogP contribution in [0.2, 0.25) is 0 Å². The molecule has 18 heavy (non-hydrogen) atoms. The molecule has 0 aromatic heterocycles. The summed E-state index contributed by atoms with van der Waals surface area (Å²) in [4.78, 5) is 11.6. The number of ether oxygens (including phenoxy) is 1. The predicted molar refractivity (Wildman–Crippen MR) is 69.3 cm³/mol. The van der Waals surface area contributed by atoms with Crippen LogP contribution < -0.4 is 10.6 Å². The molecular formula is C13H20N2O3. The largest absolute Gasteiger partial charge is 0.508 e. The van der Waals surface area contributed by atoms with E-state index in [2.05, 4.69) is 10.6 Å². The molecule has 100 valence electrons. The molecule has 1 aromatic rings. The maximum atomic E-state index is 11.6. The van der Waals surface area contributed by atoms with Crippen molar-refractivity contribution in [1.82, 2.24) is 10.6 Å². The number of phenols is 1. The number of nitrogens with one attached hydrogen (secondary N) is 2. The summed E-state index contributed by atoms with van der Waals surface area (Å²) in [6.45, 7) is 3.42. The zero-order chi connectivity index (χ0) is 13.4. The summed E-state index contributed by atoms with van der Waals surface area (Å²) >= 11 is 0. The van der Waals surface area contributed by atoms with Gasteiger partial charge in [-0.15, -0.1) is 0 Å². The molecule has 1 rings (SSSR count). The first kappa shape index (κ1) is 14.5. The van der Waals surface area contributed by atoms with E-state index in [4.69, 9.17) is 9.84 Å². The average Bonchev–Trinajstić information content (AvgIpc) is 2.38. The number of aromatic hydroxyl groups is 1. The summed E-state index contributed by atoms with van der Waals surface area (Å²) in [6, 6.07) is 6.62. The highest BCUT2D eigenvalue weighted by atomic mass is 16.5. The van der Waals surface area contributed by atoms with E-state index in [1.54, 1.807) is 19.2 Å². The van der Waals surface area contributed by atoms with Crippen molar-refractivity contribution in [2.75, 3.05) is 20.3 Å². The molecule has 0 fully saturated rings. The second kappa shape index (κ2) is 7.68. The van der Waals surface area contributed by atoms with Gasteiger partial charge < -0.3 is 20.5 Å². The van der Waals surface area contributed by atoms with E-state index in [-0.39, 0.29) is 17.7 Å². The van der Waals surface area contributed by atoms with Crippen LogP contribution in [0.1, 0.15) is 12.5 Å². The monoisotopic (exact) mass is 252 g/mol. The van der Waals surface area contributed by atoms with Crippen LogP contribution in [0.15, 0.2) is 24.3 Å². The number of phenolic OH excluding ortho intramolecular Hbond substituents is 1. The molecular weight excluding hydrogens is 232 g/mol. The van der Waals surface area contributed by atoms with Crippen LogP contribution in [0.3, 0.4) is 0 Å². The van der Waals surface area contributed by atoms with E-state index in [9.17, 15) is 4.79 Å². The predicted octanol–water partition coefficient (Wildman–Crippen LogP) is 0.633. The van der Waals surface area contributed by atoms with Crippen LogP contribution in [0, 0.1) is 0 Å². The van der Waals surface area contributed by atoms with E-state index in [0.717, 1.165) is 5.56 Å². The van der Waals surface area contributed by atoms with E-state index in [1.807, 2.05) is 19.1 Å². The van der Waals surface area contributed by atoms with Gasteiger partial charge in [0.15, 0.2) is 0 Å². The van der Waals surface area contributed by atoms with Crippen LogP contribution in [-0.2, 0) is 16.1 Å². The number of methoxy groups -OCH3 is 1. The summed E-state index contributed by atoms with van der Waals surface area (Å²) in [7, 11) is 1.60. The third-order valence-electron chi connectivity index (χ3n) is 2.55. The van der Waals surface area contributed by atoms with Crippen molar-refractivity contribution >= 4 is 5.91 Å². The molecule has 0 aliphatic heterocycles. The minimum absolute atomic E-state index is 0.0502. The molecule has 3 N–H and O–H groups in total. The standard InChI is InChI=1S/C13H20N2O3/c1-10(13(17)14-7-8-18-2)15-9-11-3-5-12(16)6-4-11/h3-6,10,15-16H,7-9H2,1-2H3,(H,14,17). The fourth-order valence-corrected chi connectivity index (χ4v) is 1.41. The van der Waals surface area contributed by atoms with Gasteiger partial charge in [0.2, 0.25) is 5.91 Å². The summed E-state index contributed by atoms with van der Waals surface area (Å²) in [5.41, 5.74) is 1.02. The SMILES string of the molecule is COCCNC(=O)C(C)NCc1ccc(O)cc1. The molecule has 0 saturated carbocycles. The Labute approximate surface area is 107 Å². The molecule has 5 nitrogen and oxygen atoms in total. The Kier molecular flexibility index (Phi) is 6.18. The Morgan fingerprint density at radius 2 is 2.06 bits per heavy atom. The van der Waals surface area contributed by atoms with Crippen LogP contribution in [0.4, 0.5) is 0 Å². The Morgan fingerprint density at radius 1 is 1.39 bits per heavy atom. The normalized spacial score (nSPS) is 12.1. The molecule has 0 bridgehead atoms. The lowest BCUT2D eigenvalue weighted by atomic mass is 10.2. The van der Waals surface area contributed by atoms with E-state index in [1.165, 1.54) is 0 Å². The van der Waals surface area contributed by atoms with Crippen molar-refractivity contribution in [3.63, 3.8) is 0 Å². The third-order valence-corrected chi connectivity index (χ3v) is 2.55. The van der Waals surface area contributed by atoms with Gasteiger partial charge in [0.25, 0.3) is 0 Å². The highest BCUT2D eigenvalue weighted by Gasteiger charge is 2.10. The van der Waals surface area contributed by atoms with Crippen LogP contribution in [-0.4, -0.2) is 37.3 Å². The topological polar surface area (TPSA) is 70.6 Å². The van der Waals surface area contributed by atoms with Gasteiger partial charge in [-0.1, -0.05) is 12.1 Å². The van der Waals surface area contributed by atoms with E-state index >= 15 is 0 Å². The third kappa shape index (κ3) is 5.16. The summed E-state index contributed by atoms with van der Waals surface area (Å²) in [5.74, 6) is 0.190. The lowest BCUT2D eigenvalue weighted by Gasteiger charge is -2.14. The van der Waals surface area contributed by atoms with Crippen molar-refractivity contribution in [2.24, 2.45) is 0 Å². The number of hydrogen-bond donors (Lipinski definition) is 3. The van der Waals surface area contributed by atoms with Gasteiger partial charge in [-0.3, -0.25) is 4.79 Å². The molecule has 0 heterocycles. The lowest BCUT2D eigenvalue weighted by Crippen LogP contribution is -2.42. The van der Waals surface area contributed by atoms with Gasteiger partial charge in [0, 0.05) is 20.2 Å². The second-order valence-corrected chi connectivity index (χ2v) is 4.05. The molecule has 0 radical (unpaired) electrons. The maximum absolute atomic E-state index is 11.6. The number of amides is 1. The first-order valence-corrected chi connectivity index (χ1v) is 5.91. The second-order valence-electron chi connectivity index (χ2n) is 4.05. The molecule has 0 aliphatic rings. The zero-order valence-corrected chi connectivity index (χ0v) is 10.8.